The molecule has 11 heavy (non-hydrogen) atoms. The standard InChI is InChI=1S/C7H8O2.CH2O/c1-9-7-4-2-6(8)3-5-7;1-2/h2-5,8H,1H3;1H2. The van der Waals surface area contributed by atoms with Gasteiger partial charge in [0.15, 0.2) is 0 Å². The summed E-state index contributed by atoms with van der Waals surface area (Å²) in [6.07, 6.45) is 0. The molecule has 0 heterocycles. The van der Waals surface area contributed by atoms with E-state index in [4.69, 9.17) is 14.6 Å². The fourth-order valence-electron chi connectivity index (χ4n) is 0.582. The van der Waals surface area contributed by atoms with Crippen LogP contribution in [0.1, 0.15) is 0 Å². The molecule has 0 aliphatic rings. The third kappa shape index (κ3) is 3.25. The van der Waals surface area contributed by atoms with Crippen molar-refractivity contribution in [3.8, 4) is 11.5 Å². The maximum absolute atomic E-state index is 8.80. The smallest absolute Gasteiger partial charge is 0.119 e. The Hall–Kier alpha value is -1.51. The average Bonchev–Trinajstić information content (AvgIpc) is 2.10. The van der Waals surface area contributed by atoms with Crippen LogP contribution in [0.5, 0.6) is 11.5 Å². The van der Waals surface area contributed by atoms with Crippen LogP contribution in [0.25, 0.3) is 0 Å². The topological polar surface area (TPSA) is 46.5 Å². The number of hydrogen-bond acceptors (Lipinski definition) is 3. The lowest BCUT2D eigenvalue weighted by Gasteiger charge is -1.96. The van der Waals surface area contributed by atoms with Crippen molar-refractivity contribution < 1.29 is 14.6 Å². The van der Waals surface area contributed by atoms with E-state index in [0.717, 1.165) is 5.75 Å². The van der Waals surface area contributed by atoms with Crippen LogP contribution in [0.3, 0.4) is 0 Å². The minimum Gasteiger partial charge on any atom is -0.508 e. The molecule has 0 saturated heterocycles. The van der Waals surface area contributed by atoms with Crippen LogP contribution in [0.4, 0.5) is 0 Å². The van der Waals surface area contributed by atoms with Gasteiger partial charge in [-0.15, -0.1) is 0 Å². The van der Waals surface area contributed by atoms with Crippen LogP contribution >= 0.6 is 0 Å². The Morgan fingerprint density at radius 1 is 1.27 bits per heavy atom. The molecule has 1 N–H and O–H groups in total. The van der Waals surface area contributed by atoms with Crippen LogP contribution in [-0.4, -0.2) is 19.0 Å². The van der Waals surface area contributed by atoms with Gasteiger partial charge in [-0.25, -0.2) is 0 Å². The Morgan fingerprint density at radius 3 is 2.09 bits per heavy atom. The molecule has 0 amide bonds. The summed E-state index contributed by atoms with van der Waals surface area (Å²) in [7, 11) is 1.59. The molecule has 0 aliphatic heterocycles. The summed E-state index contributed by atoms with van der Waals surface area (Å²) in [4.78, 5) is 8.00. The molecule has 3 heteroatoms. The first-order valence-corrected chi connectivity index (χ1v) is 2.95. The monoisotopic (exact) mass is 154 g/mol. The lowest BCUT2D eigenvalue weighted by Crippen LogP contribution is -1.79. The summed E-state index contributed by atoms with van der Waals surface area (Å²) in [5.74, 6) is 1.02. The summed E-state index contributed by atoms with van der Waals surface area (Å²) >= 11 is 0. The van der Waals surface area contributed by atoms with E-state index < -0.39 is 0 Å². The quantitative estimate of drug-likeness (QED) is 0.661. The van der Waals surface area contributed by atoms with Crippen molar-refractivity contribution in [2.45, 2.75) is 0 Å². The second-order valence-electron chi connectivity index (χ2n) is 1.70. The molecule has 0 atom stereocenters. The number of aromatic hydroxyl groups is 1. The first-order valence-electron chi connectivity index (χ1n) is 2.95. The van der Waals surface area contributed by atoms with Gasteiger partial charge in [-0.1, -0.05) is 0 Å². The van der Waals surface area contributed by atoms with E-state index in [2.05, 4.69) is 0 Å². The van der Waals surface area contributed by atoms with E-state index in [1.807, 2.05) is 6.79 Å². The molecule has 1 rings (SSSR count). The Balaban J connectivity index is 0.000000461. The van der Waals surface area contributed by atoms with Gasteiger partial charge in [0.05, 0.1) is 7.11 Å². The third-order valence-electron chi connectivity index (χ3n) is 1.07. The van der Waals surface area contributed by atoms with Gasteiger partial charge >= 0.3 is 0 Å². The second-order valence-corrected chi connectivity index (χ2v) is 1.70. The number of carbonyl (C=O) groups excluding carboxylic acids is 1. The summed E-state index contributed by atoms with van der Waals surface area (Å²) in [5, 5.41) is 8.80. The van der Waals surface area contributed by atoms with Gasteiger partial charge in [0.25, 0.3) is 0 Å². The molecular formula is C8H10O3. The normalized spacial score (nSPS) is 7.73. The fourth-order valence-corrected chi connectivity index (χ4v) is 0.582. The van der Waals surface area contributed by atoms with Crippen LogP contribution in [0.2, 0.25) is 0 Å². The highest BCUT2D eigenvalue weighted by molar-refractivity contribution is 5.29. The molecule has 1 aromatic rings. The van der Waals surface area contributed by atoms with E-state index in [1.54, 1.807) is 31.4 Å². The van der Waals surface area contributed by atoms with Crippen LogP contribution in [-0.2, 0) is 4.79 Å². The molecule has 0 aromatic heterocycles. The maximum atomic E-state index is 8.80. The van der Waals surface area contributed by atoms with Crippen molar-refractivity contribution >= 4 is 6.79 Å². The van der Waals surface area contributed by atoms with Crippen LogP contribution < -0.4 is 4.74 Å². The number of phenolic OH excluding ortho intramolecular Hbond substituents is 1. The van der Waals surface area contributed by atoms with Crippen molar-refractivity contribution in [1.29, 1.82) is 0 Å². The predicted octanol–water partition coefficient (Wildman–Crippen LogP) is 1.22. The van der Waals surface area contributed by atoms with E-state index in [9.17, 15) is 0 Å². The van der Waals surface area contributed by atoms with Crippen molar-refractivity contribution in [2.75, 3.05) is 7.11 Å². The number of carbonyl (C=O) groups is 1. The zero-order chi connectivity index (χ0) is 8.69. The predicted molar refractivity (Wildman–Crippen MR) is 41.8 cm³/mol. The number of rotatable bonds is 1. The molecule has 1 aromatic carbocycles. The van der Waals surface area contributed by atoms with Gasteiger partial charge in [-0.3, -0.25) is 0 Å². The van der Waals surface area contributed by atoms with Crippen molar-refractivity contribution in [3.63, 3.8) is 0 Å². The van der Waals surface area contributed by atoms with Gasteiger partial charge in [-0.2, -0.15) is 0 Å². The molecule has 3 nitrogen and oxygen atoms in total. The highest BCUT2D eigenvalue weighted by atomic mass is 16.5. The Bertz CT molecular complexity index is 193. The van der Waals surface area contributed by atoms with Crippen molar-refractivity contribution in [2.24, 2.45) is 0 Å². The Morgan fingerprint density at radius 2 is 1.73 bits per heavy atom. The van der Waals surface area contributed by atoms with Gasteiger partial charge in [0.2, 0.25) is 0 Å². The Labute approximate surface area is 65.2 Å². The molecule has 0 unspecified atom stereocenters. The molecule has 60 valence electrons. The number of phenols is 1. The maximum Gasteiger partial charge on any atom is 0.119 e. The zero-order valence-electron chi connectivity index (χ0n) is 6.28. The van der Waals surface area contributed by atoms with Crippen LogP contribution in [0, 0.1) is 0 Å². The Kier molecular flexibility index (Phi) is 4.56. The lowest BCUT2D eigenvalue weighted by atomic mass is 10.3. The van der Waals surface area contributed by atoms with E-state index in [-0.39, 0.29) is 5.75 Å². The number of hydrogen-bond donors (Lipinski definition) is 1. The highest BCUT2D eigenvalue weighted by Crippen LogP contribution is 2.14. The number of ether oxygens (including phenoxy) is 1. The van der Waals surface area contributed by atoms with Crippen molar-refractivity contribution in [3.05, 3.63) is 24.3 Å². The average molecular weight is 154 g/mol. The van der Waals surface area contributed by atoms with Crippen LogP contribution in [0.15, 0.2) is 24.3 Å². The van der Waals surface area contributed by atoms with Gasteiger partial charge in [-0.05, 0) is 24.3 Å². The summed E-state index contributed by atoms with van der Waals surface area (Å²) in [6, 6.07) is 6.57. The summed E-state index contributed by atoms with van der Waals surface area (Å²) in [5.41, 5.74) is 0. The van der Waals surface area contributed by atoms with E-state index >= 15 is 0 Å². The largest absolute Gasteiger partial charge is 0.508 e. The minimum atomic E-state index is 0.260. The second kappa shape index (κ2) is 5.29. The van der Waals surface area contributed by atoms with Gasteiger partial charge in [0, 0.05) is 0 Å². The fraction of sp³-hybridized carbons (Fsp3) is 0.125. The third-order valence-corrected chi connectivity index (χ3v) is 1.07. The summed E-state index contributed by atoms with van der Waals surface area (Å²) < 4.78 is 4.86. The highest BCUT2D eigenvalue weighted by Gasteiger charge is 1.87. The van der Waals surface area contributed by atoms with Crippen molar-refractivity contribution in [1.82, 2.24) is 0 Å². The number of methoxy groups -OCH3 is 1. The van der Waals surface area contributed by atoms with E-state index in [1.165, 1.54) is 0 Å². The molecule has 0 aliphatic carbocycles. The van der Waals surface area contributed by atoms with E-state index in [0.29, 0.717) is 0 Å². The first kappa shape index (κ1) is 9.49. The lowest BCUT2D eigenvalue weighted by molar-refractivity contribution is -0.0979. The van der Waals surface area contributed by atoms with Gasteiger partial charge in [0.1, 0.15) is 18.3 Å². The molecular weight excluding hydrogens is 144 g/mol. The molecule has 0 fully saturated rings. The van der Waals surface area contributed by atoms with Gasteiger partial charge < -0.3 is 14.6 Å². The summed E-state index contributed by atoms with van der Waals surface area (Å²) in [6.45, 7) is 2.00. The minimum absolute atomic E-state index is 0.260. The SMILES string of the molecule is C=O.COc1ccc(O)cc1. The molecule has 0 spiro atoms. The number of benzene rings is 1. The molecule has 0 saturated carbocycles. The zero-order valence-corrected chi connectivity index (χ0v) is 6.28. The molecule has 0 bridgehead atoms. The first-order chi connectivity index (χ1) is 5.33. The molecule has 0 radical (unpaired) electrons.